The van der Waals surface area contributed by atoms with Crippen molar-refractivity contribution in [3.8, 4) is 16.9 Å². The molecule has 3 N–H and O–H groups in total. The van der Waals surface area contributed by atoms with Crippen molar-refractivity contribution in [2.45, 2.75) is 29.9 Å². The third-order valence-corrected chi connectivity index (χ3v) is 7.93. The minimum absolute atomic E-state index is 0.0892. The summed E-state index contributed by atoms with van der Waals surface area (Å²) in [6, 6.07) is 24.8. The molecule has 5 rings (SSSR count). The fraction of sp³-hybridized carbons (Fsp3) is 0.167. The van der Waals surface area contributed by atoms with E-state index >= 15 is 0 Å². The minimum Gasteiger partial charge on any atom is -0.507 e. The van der Waals surface area contributed by atoms with Crippen LogP contribution in [0, 0.1) is 11.7 Å². The molecule has 1 heterocycles. The van der Waals surface area contributed by atoms with Crippen molar-refractivity contribution in [2.75, 3.05) is 4.90 Å². The van der Waals surface area contributed by atoms with E-state index in [2.05, 4.69) is 0 Å². The molecule has 1 aliphatic heterocycles. The lowest BCUT2D eigenvalue weighted by molar-refractivity contribution is -0.131. The molecule has 0 aromatic heterocycles. The summed E-state index contributed by atoms with van der Waals surface area (Å²) in [5.74, 6) is -1.26. The molecule has 200 valence electrons. The summed E-state index contributed by atoms with van der Waals surface area (Å²) in [5, 5.41) is 21.6. The molecule has 0 bridgehead atoms. The predicted molar refractivity (Wildman–Crippen MR) is 144 cm³/mol. The number of nitrogens with zero attached hydrogens (tertiary/aromatic N) is 1. The number of hydrogen-bond acceptors (Lipinski definition) is 5. The van der Waals surface area contributed by atoms with Gasteiger partial charge in [0.1, 0.15) is 11.6 Å². The summed E-state index contributed by atoms with van der Waals surface area (Å²) in [5.41, 5.74) is 2.74. The summed E-state index contributed by atoms with van der Waals surface area (Å²) in [6.45, 7) is 0. The number of hydrogen-bond donors (Lipinski definition) is 3. The number of aliphatic hydroxyl groups is 1. The third-order valence-electron chi connectivity index (χ3n) is 7.06. The molecule has 1 amide bonds. The van der Waals surface area contributed by atoms with Crippen LogP contribution in [0.5, 0.6) is 5.75 Å². The second-order valence-corrected chi connectivity index (χ2v) is 10.9. The zero-order valence-electron chi connectivity index (χ0n) is 20.7. The van der Waals surface area contributed by atoms with E-state index in [1.165, 1.54) is 53.4 Å². The van der Waals surface area contributed by atoms with Crippen molar-refractivity contribution in [3.63, 3.8) is 0 Å². The Hall–Kier alpha value is -4.05. The van der Waals surface area contributed by atoms with Crippen LogP contribution in [0.3, 0.4) is 0 Å². The molecule has 9 heteroatoms. The van der Waals surface area contributed by atoms with Crippen LogP contribution >= 0.6 is 0 Å². The third kappa shape index (κ3) is 5.42. The first-order chi connectivity index (χ1) is 18.6. The maximum Gasteiger partial charge on any atom is 0.294 e. The van der Waals surface area contributed by atoms with E-state index in [1.54, 1.807) is 18.2 Å². The van der Waals surface area contributed by atoms with Gasteiger partial charge in [0.25, 0.3) is 10.1 Å². The van der Waals surface area contributed by atoms with Crippen molar-refractivity contribution >= 4 is 21.7 Å². The smallest absolute Gasteiger partial charge is 0.294 e. The Bertz CT molecular complexity index is 1610. The molecule has 3 atom stereocenters. The molecule has 1 aliphatic rings. The number of amides is 1. The van der Waals surface area contributed by atoms with Gasteiger partial charge in [-0.25, -0.2) is 4.39 Å². The van der Waals surface area contributed by atoms with E-state index < -0.39 is 34.0 Å². The highest BCUT2D eigenvalue weighted by atomic mass is 32.2. The fourth-order valence-corrected chi connectivity index (χ4v) is 5.57. The number of carbonyl (C=O) groups excluding carboxylic acids is 1. The Morgan fingerprint density at radius 2 is 1.62 bits per heavy atom. The molecule has 1 fully saturated rings. The zero-order valence-corrected chi connectivity index (χ0v) is 21.5. The van der Waals surface area contributed by atoms with Gasteiger partial charge in [-0.15, -0.1) is 0 Å². The first kappa shape index (κ1) is 26.6. The Morgan fingerprint density at radius 3 is 2.26 bits per heavy atom. The zero-order chi connectivity index (χ0) is 27.7. The Balaban J connectivity index is 1.44. The summed E-state index contributed by atoms with van der Waals surface area (Å²) in [6.07, 6.45) is -0.0207. The van der Waals surface area contributed by atoms with Gasteiger partial charge in [0.05, 0.1) is 23.0 Å². The molecule has 3 unspecified atom stereocenters. The van der Waals surface area contributed by atoms with Gasteiger partial charge in [-0.3, -0.25) is 9.35 Å². The van der Waals surface area contributed by atoms with Crippen LogP contribution in [0.4, 0.5) is 10.1 Å². The summed E-state index contributed by atoms with van der Waals surface area (Å²) >= 11 is 0. The van der Waals surface area contributed by atoms with Gasteiger partial charge in [0, 0.05) is 11.3 Å². The van der Waals surface area contributed by atoms with Gasteiger partial charge in [0.2, 0.25) is 5.91 Å². The number of anilines is 1. The molecular weight excluding hydrogens is 521 g/mol. The lowest BCUT2D eigenvalue weighted by Gasteiger charge is -2.48. The van der Waals surface area contributed by atoms with Crippen molar-refractivity contribution in [3.05, 3.63) is 114 Å². The Morgan fingerprint density at radius 1 is 0.897 bits per heavy atom. The molecule has 4 aromatic rings. The van der Waals surface area contributed by atoms with E-state index in [1.807, 2.05) is 30.3 Å². The van der Waals surface area contributed by atoms with Crippen LogP contribution in [0.1, 0.15) is 36.1 Å². The average Bonchev–Trinajstić information content (AvgIpc) is 2.91. The van der Waals surface area contributed by atoms with E-state index in [-0.39, 0.29) is 16.6 Å². The molecule has 0 radical (unpaired) electrons. The van der Waals surface area contributed by atoms with Crippen molar-refractivity contribution in [1.29, 1.82) is 0 Å². The van der Waals surface area contributed by atoms with Crippen LogP contribution in [0.25, 0.3) is 11.1 Å². The van der Waals surface area contributed by atoms with E-state index in [4.69, 9.17) is 0 Å². The lowest BCUT2D eigenvalue weighted by Crippen LogP contribution is -2.55. The summed E-state index contributed by atoms with van der Waals surface area (Å²) < 4.78 is 45.9. The highest BCUT2D eigenvalue weighted by Crippen LogP contribution is 2.47. The van der Waals surface area contributed by atoms with Crippen LogP contribution in [0.2, 0.25) is 0 Å². The molecule has 0 saturated carbocycles. The molecule has 0 aliphatic carbocycles. The standard InChI is InChI=1S/C30H26FNO6S/c31-22-7-4-8-23(18-22)32-29(26(30(32)35)15-16-27(33)20-5-2-1-3-6-20)21-11-14-25(28(34)17-21)19-9-12-24(13-10-19)39(36,37)38/h1-14,17-18,26-27,29,33-34H,15-16H2,(H,36,37,38). The monoisotopic (exact) mass is 547 g/mol. The first-order valence-corrected chi connectivity index (χ1v) is 13.8. The lowest BCUT2D eigenvalue weighted by atomic mass is 9.78. The highest BCUT2D eigenvalue weighted by Gasteiger charge is 2.48. The number of benzene rings is 4. The number of carbonyl (C=O) groups is 1. The van der Waals surface area contributed by atoms with Crippen LogP contribution < -0.4 is 4.90 Å². The SMILES string of the molecule is O=C1C(CCC(O)c2ccccc2)C(c2ccc(-c3ccc(S(=O)(=O)O)cc3)c(O)c2)N1c1cccc(F)c1. The van der Waals surface area contributed by atoms with Crippen LogP contribution in [-0.4, -0.2) is 29.1 Å². The summed E-state index contributed by atoms with van der Waals surface area (Å²) in [7, 11) is -4.35. The molecule has 4 aromatic carbocycles. The predicted octanol–water partition coefficient (Wildman–Crippen LogP) is 5.66. The molecule has 39 heavy (non-hydrogen) atoms. The Labute approximate surface area is 225 Å². The number of rotatable bonds is 8. The van der Waals surface area contributed by atoms with E-state index in [0.29, 0.717) is 35.2 Å². The normalized spacial score (nSPS) is 18.0. The first-order valence-electron chi connectivity index (χ1n) is 12.4. The number of β-lactam (4-membered cyclic amide) rings is 1. The van der Waals surface area contributed by atoms with E-state index in [0.717, 1.165) is 5.56 Å². The second-order valence-electron chi connectivity index (χ2n) is 9.52. The minimum atomic E-state index is -4.35. The van der Waals surface area contributed by atoms with Gasteiger partial charge in [-0.1, -0.05) is 60.7 Å². The van der Waals surface area contributed by atoms with Crippen LogP contribution in [-0.2, 0) is 14.9 Å². The van der Waals surface area contributed by atoms with Gasteiger partial charge in [0.15, 0.2) is 0 Å². The number of phenolic OH excluding ortho intramolecular Hbond substituents is 1. The van der Waals surface area contributed by atoms with Gasteiger partial charge in [-0.2, -0.15) is 8.42 Å². The largest absolute Gasteiger partial charge is 0.507 e. The highest BCUT2D eigenvalue weighted by molar-refractivity contribution is 7.85. The molecular formula is C30H26FNO6S. The number of aromatic hydroxyl groups is 1. The second kappa shape index (κ2) is 10.6. The number of halogens is 1. The topological polar surface area (TPSA) is 115 Å². The Kier molecular flexibility index (Phi) is 7.22. The van der Waals surface area contributed by atoms with E-state index in [9.17, 15) is 32.4 Å². The average molecular weight is 548 g/mol. The number of phenols is 1. The maximum atomic E-state index is 14.0. The van der Waals surface area contributed by atoms with Gasteiger partial charge in [-0.05, 0) is 65.9 Å². The quantitative estimate of drug-likeness (QED) is 0.194. The van der Waals surface area contributed by atoms with Crippen LogP contribution in [0.15, 0.2) is 102 Å². The number of aliphatic hydroxyl groups excluding tert-OH is 1. The summed E-state index contributed by atoms with van der Waals surface area (Å²) in [4.78, 5) is 14.5. The molecule has 0 spiro atoms. The van der Waals surface area contributed by atoms with Crippen molar-refractivity contribution in [1.82, 2.24) is 0 Å². The fourth-order valence-electron chi connectivity index (χ4n) is 5.09. The van der Waals surface area contributed by atoms with Crippen molar-refractivity contribution < 1.29 is 32.4 Å². The molecule has 7 nitrogen and oxygen atoms in total. The van der Waals surface area contributed by atoms with Gasteiger partial charge >= 0.3 is 0 Å². The molecule has 1 saturated heterocycles. The van der Waals surface area contributed by atoms with Gasteiger partial charge < -0.3 is 15.1 Å². The van der Waals surface area contributed by atoms with Crippen molar-refractivity contribution in [2.24, 2.45) is 5.92 Å². The maximum absolute atomic E-state index is 14.0.